The molecule has 0 spiro atoms. The van der Waals surface area contributed by atoms with Crippen molar-refractivity contribution in [2.75, 3.05) is 0 Å². The van der Waals surface area contributed by atoms with E-state index < -0.39 is 0 Å². The van der Waals surface area contributed by atoms with Gasteiger partial charge in [-0.2, -0.15) is 0 Å². The molecule has 0 aliphatic heterocycles. The zero-order valence-electron chi connectivity index (χ0n) is 27.9. The molecule has 0 atom stereocenters. The molecule has 0 aliphatic carbocycles. The summed E-state index contributed by atoms with van der Waals surface area (Å²) >= 11 is 1.74. The van der Waals surface area contributed by atoms with Crippen LogP contribution >= 0.6 is 11.3 Å². The molecule has 0 amide bonds. The molecule has 7 aromatic carbocycles. The van der Waals surface area contributed by atoms with Crippen molar-refractivity contribution in [2.45, 2.75) is 0 Å². The zero-order chi connectivity index (χ0) is 34.4. The molecule has 0 bridgehead atoms. The van der Waals surface area contributed by atoms with E-state index in [1.165, 1.54) is 26.5 Å². The number of nitrogens with zero attached hydrogens (tertiary/aromatic N) is 5. The zero-order valence-corrected chi connectivity index (χ0v) is 28.7. The van der Waals surface area contributed by atoms with Crippen molar-refractivity contribution in [3.63, 3.8) is 0 Å². The van der Waals surface area contributed by atoms with E-state index in [0.717, 1.165) is 49.6 Å². The van der Waals surface area contributed by atoms with Crippen molar-refractivity contribution in [3.8, 4) is 61.5 Å². The first-order valence-electron chi connectivity index (χ1n) is 17.2. The van der Waals surface area contributed by atoms with Crippen LogP contribution in [0.4, 0.5) is 0 Å². The molecule has 52 heavy (non-hydrogen) atoms. The molecule has 0 radical (unpaired) electrons. The van der Waals surface area contributed by atoms with Crippen molar-refractivity contribution in [3.05, 3.63) is 176 Å². The van der Waals surface area contributed by atoms with E-state index in [2.05, 4.69) is 114 Å². The van der Waals surface area contributed by atoms with Crippen LogP contribution in [0.15, 0.2) is 176 Å². The van der Waals surface area contributed by atoms with Crippen LogP contribution in [0.25, 0.3) is 93.6 Å². The first kappa shape index (κ1) is 30.1. The number of rotatable bonds is 6. The van der Waals surface area contributed by atoms with Crippen LogP contribution in [0.5, 0.6) is 0 Å². The van der Waals surface area contributed by atoms with Crippen LogP contribution in [0, 0.1) is 0 Å². The second-order valence-electron chi connectivity index (χ2n) is 12.7. The molecule has 10 rings (SSSR count). The van der Waals surface area contributed by atoms with Gasteiger partial charge in [0.2, 0.25) is 0 Å². The molecular weight excluding hydrogens is 655 g/mol. The van der Waals surface area contributed by atoms with Gasteiger partial charge in [-0.05, 0) is 65.7 Å². The molecule has 0 fully saturated rings. The number of aromatic nitrogens is 5. The van der Waals surface area contributed by atoms with Crippen LogP contribution in [-0.4, -0.2) is 24.5 Å². The molecule has 0 saturated carbocycles. The number of fused-ring (bicyclic) bond motifs is 4. The van der Waals surface area contributed by atoms with Crippen LogP contribution in [0.1, 0.15) is 0 Å². The highest BCUT2D eigenvalue weighted by atomic mass is 32.1. The monoisotopic (exact) mass is 683 g/mol. The summed E-state index contributed by atoms with van der Waals surface area (Å²) in [5.74, 6) is 1.94. The molecule has 3 aromatic heterocycles. The van der Waals surface area contributed by atoms with Crippen molar-refractivity contribution < 1.29 is 0 Å². The van der Waals surface area contributed by atoms with Gasteiger partial charge in [0, 0.05) is 38.7 Å². The Bertz CT molecular complexity index is 2800. The van der Waals surface area contributed by atoms with Crippen LogP contribution < -0.4 is 0 Å². The number of hydrogen-bond donors (Lipinski definition) is 0. The van der Waals surface area contributed by atoms with Crippen LogP contribution in [0.2, 0.25) is 0 Å². The minimum absolute atomic E-state index is 0.640. The average Bonchev–Trinajstić information content (AvgIpc) is 3.81. The number of para-hydroxylation sites is 2. The average molecular weight is 684 g/mol. The minimum Gasteiger partial charge on any atom is -0.309 e. The normalized spacial score (nSPS) is 11.5. The third-order valence-electron chi connectivity index (χ3n) is 9.49. The van der Waals surface area contributed by atoms with E-state index in [-0.39, 0.29) is 0 Å². The Morgan fingerprint density at radius 3 is 1.67 bits per heavy atom. The molecule has 0 aliphatic rings. The van der Waals surface area contributed by atoms with Crippen molar-refractivity contribution in [1.29, 1.82) is 0 Å². The Morgan fingerprint density at radius 1 is 0.365 bits per heavy atom. The molecule has 244 valence electrons. The Kier molecular flexibility index (Phi) is 7.25. The maximum atomic E-state index is 4.95. The molecular formula is C46H29N5S. The quantitative estimate of drug-likeness (QED) is 0.175. The highest BCUT2D eigenvalue weighted by Crippen LogP contribution is 2.37. The topological polar surface area (TPSA) is 56.5 Å². The summed E-state index contributed by atoms with van der Waals surface area (Å²) in [4.78, 5) is 19.7. The Hall–Kier alpha value is -6.76. The maximum absolute atomic E-state index is 4.95. The van der Waals surface area contributed by atoms with Crippen LogP contribution in [0.3, 0.4) is 0 Å². The molecule has 10 aromatic rings. The molecule has 0 unspecified atom stereocenters. The molecule has 0 saturated heterocycles. The highest BCUT2D eigenvalue weighted by molar-refractivity contribution is 7.21. The fourth-order valence-electron chi connectivity index (χ4n) is 6.96. The summed E-state index contributed by atoms with van der Waals surface area (Å²) in [5, 5.41) is 3.47. The molecule has 6 heteroatoms. The first-order valence-corrected chi connectivity index (χ1v) is 18.0. The summed E-state index contributed by atoms with van der Waals surface area (Å²) < 4.78 is 3.56. The summed E-state index contributed by atoms with van der Waals surface area (Å²) in [7, 11) is 0. The predicted molar refractivity (Wildman–Crippen MR) is 215 cm³/mol. The van der Waals surface area contributed by atoms with E-state index in [1.54, 1.807) is 11.3 Å². The number of benzene rings is 7. The second-order valence-corrected chi connectivity index (χ2v) is 13.8. The van der Waals surface area contributed by atoms with Gasteiger partial charge < -0.3 is 4.57 Å². The SMILES string of the molecule is c1ccc(-c2nc(-c3ccccc3)nc(-c3cccc(-c4ccc(-n5c6ccccc6c6cc(-c7nc8ccccc8s7)ccc65)cc4)c3)n2)cc1. The standard InChI is InChI=1S/C46H29N5S/c1-3-12-31(13-4-1)43-48-44(32-14-5-2-6-15-32)50-45(49-43)34-17-11-16-33(28-34)30-22-25-36(26-23-30)51-40-20-9-7-18-37(40)38-29-35(24-27-41(38)51)46-47-39-19-8-10-21-42(39)52-46/h1-29H. The fourth-order valence-corrected chi connectivity index (χ4v) is 7.92. The van der Waals surface area contributed by atoms with Gasteiger partial charge in [-0.3, -0.25) is 0 Å². The van der Waals surface area contributed by atoms with Crippen molar-refractivity contribution in [1.82, 2.24) is 24.5 Å². The summed E-state index contributed by atoms with van der Waals surface area (Å²) in [6, 6.07) is 61.1. The van der Waals surface area contributed by atoms with Gasteiger partial charge in [0.05, 0.1) is 21.3 Å². The van der Waals surface area contributed by atoms with Gasteiger partial charge in [-0.15, -0.1) is 11.3 Å². The summed E-state index contributed by atoms with van der Waals surface area (Å²) in [6.45, 7) is 0. The van der Waals surface area contributed by atoms with Gasteiger partial charge in [0.15, 0.2) is 17.5 Å². The molecule has 5 nitrogen and oxygen atoms in total. The van der Waals surface area contributed by atoms with Crippen LogP contribution in [-0.2, 0) is 0 Å². The third kappa shape index (κ3) is 5.34. The number of hydrogen-bond acceptors (Lipinski definition) is 5. The van der Waals surface area contributed by atoms with Gasteiger partial charge >= 0.3 is 0 Å². The smallest absolute Gasteiger partial charge is 0.164 e. The molecule has 3 heterocycles. The van der Waals surface area contributed by atoms with Gasteiger partial charge in [-0.1, -0.05) is 121 Å². The maximum Gasteiger partial charge on any atom is 0.164 e. The van der Waals surface area contributed by atoms with Gasteiger partial charge in [0.25, 0.3) is 0 Å². The van der Waals surface area contributed by atoms with E-state index in [4.69, 9.17) is 19.9 Å². The summed E-state index contributed by atoms with van der Waals surface area (Å²) in [5.41, 5.74) is 10.7. The first-order chi connectivity index (χ1) is 25.7. The summed E-state index contributed by atoms with van der Waals surface area (Å²) in [6.07, 6.45) is 0. The largest absolute Gasteiger partial charge is 0.309 e. The lowest BCUT2D eigenvalue weighted by Crippen LogP contribution is -2.00. The van der Waals surface area contributed by atoms with E-state index in [9.17, 15) is 0 Å². The lowest BCUT2D eigenvalue weighted by Gasteiger charge is -2.11. The Labute approximate surface area is 304 Å². The molecule has 0 N–H and O–H groups in total. The van der Waals surface area contributed by atoms with Crippen molar-refractivity contribution in [2.24, 2.45) is 0 Å². The fraction of sp³-hybridized carbons (Fsp3) is 0. The van der Waals surface area contributed by atoms with E-state index in [1.807, 2.05) is 66.7 Å². The Balaban J connectivity index is 1.03. The lowest BCUT2D eigenvalue weighted by atomic mass is 10.0. The van der Waals surface area contributed by atoms with Gasteiger partial charge in [-0.25, -0.2) is 19.9 Å². The lowest BCUT2D eigenvalue weighted by molar-refractivity contribution is 1.07. The van der Waals surface area contributed by atoms with Crippen molar-refractivity contribution >= 4 is 43.4 Å². The second kappa shape index (κ2) is 12.5. The van der Waals surface area contributed by atoms with E-state index in [0.29, 0.717) is 17.5 Å². The highest BCUT2D eigenvalue weighted by Gasteiger charge is 2.16. The van der Waals surface area contributed by atoms with Gasteiger partial charge in [0.1, 0.15) is 5.01 Å². The van der Waals surface area contributed by atoms with E-state index >= 15 is 0 Å². The number of thiazole rings is 1. The predicted octanol–water partition coefficient (Wildman–Crippen LogP) is 11.9. The minimum atomic E-state index is 0.640. The third-order valence-corrected chi connectivity index (χ3v) is 10.6. The Morgan fingerprint density at radius 2 is 0.942 bits per heavy atom.